The molecule has 15 heavy (non-hydrogen) atoms. The molecule has 86 valence electrons. The number of nitrogens with zero attached hydrogens (tertiary/aromatic N) is 3. The van der Waals surface area contributed by atoms with Crippen LogP contribution >= 0.6 is 0 Å². The van der Waals surface area contributed by atoms with Crippen LogP contribution in [0.3, 0.4) is 0 Å². The maximum atomic E-state index is 4.23. The van der Waals surface area contributed by atoms with Crippen molar-refractivity contribution in [1.82, 2.24) is 20.0 Å². The van der Waals surface area contributed by atoms with Gasteiger partial charge in [0.2, 0.25) is 0 Å². The van der Waals surface area contributed by atoms with Crippen molar-refractivity contribution in [3.05, 3.63) is 18.0 Å². The van der Waals surface area contributed by atoms with Gasteiger partial charge in [-0.15, -0.1) is 0 Å². The first-order chi connectivity index (χ1) is 7.22. The van der Waals surface area contributed by atoms with E-state index in [1.165, 1.54) is 12.0 Å². The lowest BCUT2D eigenvalue weighted by Crippen LogP contribution is -2.20. The standard InChI is InChI=1S/C11H22N4/c1-4-15-10-11(9-13-15)8-12-6-5-7-14(2)3/h9-10,12H,4-8H2,1-3H3. The average Bonchev–Trinajstić information content (AvgIpc) is 2.65. The quantitative estimate of drug-likeness (QED) is 0.680. The van der Waals surface area contributed by atoms with E-state index in [0.717, 1.165) is 26.2 Å². The zero-order chi connectivity index (χ0) is 11.1. The van der Waals surface area contributed by atoms with Gasteiger partial charge < -0.3 is 10.2 Å². The molecule has 0 bridgehead atoms. The van der Waals surface area contributed by atoms with E-state index in [2.05, 4.69) is 42.5 Å². The van der Waals surface area contributed by atoms with Crippen LogP contribution in [-0.4, -0.2) is 41.9 Å². The number of rotatable bonds is 7. The Bertz CT molecular complexity index is 267. The van der Waals surface area contributed by atoms with Crippen molar-refractivity contribution >= 4 is 0 Å². The van der Waals surface area contributed by atoms with Crippen molar-refractivity contribution in [2.45, 2.75) is 26.4 Å². The second-order valence-electron chi connectivity index (χ2n) is 4.04. The highest BCUT2D eigenvalue weighted by Crippen LogP contribution is 1.96. The number of hydrogen-bond acceptors (Lipinski definition) is 3. The molecule has 0 aromatic carbocycles. The van der Waals surface area contributed by atoms with Crippen LogP contribution in [0, 0.1) is 0 Å². The Morgan fingerprint density at radius 2 is 2.27 bits per heavy atom. The lowest BCUT2D eigenvalue weighted by atomic mass is 10.3. The molecule has 1 aromatic heterocycles. The monoisotopic (exact) mass is 210 g/mol. The summed E-state index contributed by atoms with van der Waals surface area (Å²) in [4.78, 5) is 2.21. The van der Waals surface area contributed by atoms with E-state index in [9.17, 15) is 0 Å². The smallest absolute Gasteiger partial charge is 0.0534 e. The lowest BCUT2D eigenvalue weighted by molar-refractivity contribution is 0.394. The van der Waals surface area contributed by atoms with E-state index in [1.807, 2.05) is 10.9 Å². The first kappa shape index (κ1) is 12.2. The molecule has 0 atom stereocenters. The number of aryl methyl sites for hydroxylation is 1. The second kappa shape index (κ2) is 6.58. The Hall–Kier alpha value is -0.870. The molecule has 0 saturated carbocycles. The fourth-order valence-corrected chi connectivity index (χ4v) is 1.42. The van der Waals surface area contributed by atoms with E-state index in [1.54, 1.807) is 0 Å². The van der Waals surface area contributed by atoms with Gasteiger partial charge in [-0.2, -0.15) is 5.10 Å². The zero-order valence-electron chi connectivity index (χ0n) is 10.0. The summed E-state index contributed by atoms with van der Waals surface area (Å²) in [7, 11) is 4.20. The molecule has 0 aliphatic heterocycles. The number of nitrogens with one attached hydrogen (secondary N) is 1. The number of aromatic nitrogens is 2. The van der Waals surface area contributed by atoms with Crippen LogP contribution in [0.5, 0.6) is 0 Å². The fraction of sp³-hybridized carbons (Fsp3) is 0.727. The molecule has 0 spiro atoms. The molecule has 0 saturated heterocycles. The van der Waals surface area contributed by atoms with Crippen molar-refractivity contribution in [3.63, 3.8) is 0 Å². The minimum Gasteiger partial charge on any atom is -0.313 e. The van der Waals surface area contributed by atoms with Gasteiger partial charge in [-0.05, 0) is 40.5 Å². The average molecular weight is 210 g/mol. The third-order valence-electron chi connectivity index (χ3n) is 2.30. The molecule has 1 rings (SSSR count). The molecule has 0 fully saturated rings. The zero-order valence-corrected chi connectivity index (χ0v) is 10.0. The largest absolute Gasteiger partial charge is 0.313 e. The third-order valence-corrected chi connectivity index (χ3v) is 2.30. The normalized spacial score (nSPS) is 11.2. The summed E-state index contributed by atoms with van der Waals surface area (Å²) in [5.74, 6) is 0. The molecular weight excluding hydrogens is 188 g/mol. The Morgan fingerprint density at radius 3 is 2.87 bits per heavy atom. The van der Waals surface area contributed by atoms with Crippen LogP contribution < -0.4 is 5.32 Å². The van der Waals surface area contributed by atoms with Crippen LogP contribution in [0.1, 0.15) is 18.9 Å². The molecule has 0 aliphatic rings. The van der Waals surface area contributed by atoms with E-state index in [-0.39, 0.29) is 0 Å². The SMILES string of the molecule is CCn1cc(CNCCCN(C)C)cn1. The second-order valence-corrected chi connectivity index (χ2v) is 4.04. The highest BCUT2D eigenvalue weighted by atomic mass is 15.3. The summed E-state index contributed by atoms with van der Waals surface area (Å²) in [5.41, 5.74) is 1.27. The summed E-state index contributed by atoms with van der Waals surface area (Å²) in [5, 5.41) is 7.64. The van der Waals surface area contributed by atoms with Crippen LogP contribution in [-0.2, 0) is 13.1 Å². The molecular formula is C11H22N4. The predicted octanol–water partition coefficient (Wildman–Crippen LogP) is 0.944. The maximum absolute atomic E-state index is 4.23. The highest BCUT2D eigenvalue weighted by molar-refractivity contribution is 5.02. The minimum atomic E-state index is 0.924. The minimum absolute atomic E-state index is 0.924. The van der Waals surface area contributed by atoms with Crippen molar-refractivity contribution in [2.75, 3.05) is 27.2 Å². The van der Waals surface area contributed by atoms with Gasteiger partial charge in [0.05, 0.1) is 6.20 Å². The first-order valence-corrected chi connectivity index (χ1v) is 5.59. The summed E-state index contributed by atoms with van der Waals surface area (Å²) < 4.78 is 1.96. The van der Waals surface area contributed by atoms with Gasteiger partial charge >= 0.3 is 0 Å². The Labute approximate surface area is 92.3 Å². The van der Waals surface area contributed by atoms with Crippen molar-refractivity contribution in [3.8, 4) is 0 Å². The van der Waals surface area contributed by atoms with Gasteiger partial charge in [-0.3, -0.25) is 4.68 Å². The third kappa shape index (κ3) is 4.95. The summed E-state index contributed by atoms with van der Waals surface area (Å²) >= 11 is 0. The van der Waals surface area contributed by atoms with Crippen LogP contribution in [0.15, 0.2) is 12.4 Å². The molecule has 1 N–H and O–H groups in total. The molecule has 0 amide bonds. The van der Waals surface area contributed by atoms with E-state index in [4.69, 9.17) is 0 Å². The first-order valence-electron chi connectivity index (χ1n) is 5.59. The molecule has 1 aromatic rings. The Balaban J connectivity index is 2.09. The molecule has 0 unspecified atom stereocenters. The van der Waals surface area contributed by atoms with Gasteiger partial charge in [-0.1, -0.05) is 0 Å². The van der Waals surface area contributed by atoms with Crippen molar-refractivity contribution in [2.24, 2.45) is 0 Å². The fourth-order valence-electron chi connectivity index (χ4n) is 1.42. The van der Waals surface area contributed by atoms with Gasteiger partial charge in [-0.25, -0.2) is 0 Å². The Morgan fingerprint density at radius 1 is 1.47 bits per heavy atom. The predicted molar refractivity (Wildman–Crippen MR) is 62.8 cm³/mol. The molecule has 0 radical (unpaired) electrons. The van der Waals surface area contributed by atoms with E-state index in [0.29, 0.717) is 0 Å². The highest BCUT2D eigenvalue weighted by Gasteiger charge is 1.96. The van der Waals surface area contributed by atoms with Crippen LogP contribution in [0.25, 0.3) is 0 Å². The van der Waals surface area contributed by atoms with Crippen LogP contribution in [0.4, 0.5) is 0 Å². The maximum Gasteiger partial charge on any atom is 0.0534 e. The van der Waals surface area contributed by atoms with Gasteiger partial charge in [0.1, 0.15) is 0 Å². The summed E-state index contributed by atoms with van der Waals surface area (Å²) in [6.07, 6.45) is 5.22. The summed E-state index contributed by atoms with van der Waals surface area (Å²) in [6, 6.07) is 0. The molecule has 4 heteroatoms. The van der Waals surface area contributed by atoms with E-state index >= 15 is 0 Å². The van der Waals surface area contributed by atoms with Gasteiger partial charge in [0.15, 0.2) is 0 Å². The van der Waals surface area contributed by atoms with Crippen molar-refractivity contribution in [1.29, 1.82) is 0 Å². The number of hydrogen-bond donors (Lipinski definition) is 1. The molecule has 4 nitrogen and oxygen atoms in total. The van der Waals surface area contributed by atoms with Gasteiger partial charge in [0.25, 0.3) is 0 Å². The van der Waals surface area contributed by atoms with E-state index < -0.39 is 0 Å². The van der Waals surface area contributed by atoms with Crippen LogP contribution in [0.2, 0.25) is 0 Å². The summed E-state index contributed by atoms with van der Waals surface area (Å²) in [6.45, 7) is 6.17. The Kier molecular flexibility index (Phi) is 5.36. The molecule has 1 heterocycles. The van der Waals surface area contributed by atoms with Gasteiger partial charge in [0, 0.05) is 24.8 Å². The van der Waals surface area contributed by atoms with Crippen molar-refractivity contribution < 1.29 is 0 Å². The topological polar surface area (TPSA) is 33.1 Å². The lowest BCUT2D eigenvalue weighted by Gasteiger charge is -2.09. The molecule has 0 aliphatic carbocycles.